The molecule has 5 heteroatoms. The van der Waals surface area contributed by atoms with Gasteiger partial charge in [-0.05, 0) is 30.3 Å². The molecule has 3 N–H and O–H groups in total. The van der Waals surface area contributed by atoms with Crippen LogP contribution in [0.3, 0.4) is 0 Å². The predicted molar refractivity (Wildman–Crippen MR) is 81.7 cm³/mol. The van der Waals surface area contributed by atoms with E-state index in [1.165, 1.54) is 0 Å². The number of imidazole rings is 1. The molecule has 0 unspecified atom stereocenters. The number of aliphatic hydroxyl groups is 1. The molecule has 1 heterocycles. The molecule has 0 fully saturated rings. The Bertz CT molecular complexity index is 767. The summed E-state index contributed by atoms with van der Waals surface area (Å²) in [4.78, 5) is 4.63. The molecule has 0 radical (unpaired) electrons. The SMILES string of the molecule is Nc1cc(-c2nc3ccccc3n2CCO)ccc1Cl. The van der Waals surface area contributed by atoms with Crippen molar-refractivity contribution in [2.24, 2.45) is 0 Å². The van der Waals surface area contributed by atoms with Gasteiger partial charge in [-0.2, -0.15) is 0 Å². The molecule has 0 aliphatic carbocycles. The van der Waals surface area contributed by atoms with Crippen molar-refractivity contribution >= 4 is 28.3 Å². The van der Waals surface area contributed by atoms with Crippen LogP contribution in [0.15, 0.2) is 42.5 Å². The molecule has 0 amide bonds. The third kappa shape index (κ3) is 2.13. The molecule has 0 atom stereocenters. The summed E-state index contributed by atoms with van der Waals surface area (Å²) < 4.78 is 1.98. The molecule has 3 rings (SSSR count). The summed E-state index contributed by atoms with van der Waals surface area (Å²) in [6, 6.07) is 13.3. The molecule has 0 saturated carbocycles. The van der Waals surface area contributed by atoms with Gasteiger partial charge in [-0.15, -0.1) is 0 Å². The fraction of sp³-hybridized carbons (Fsp3) is 0.133. The van der Waals surface area contributed by atoms with Gasteiger partial charge in [0.05, 0.1) is 28.4 Å². The van der Waals surface area contributed by atoms with E-state index >= 15 is 0 Å². The fourth-order valence-corrected chi connectivity index (χ4v) is 2.42. The van der Waals surface area contributed by atoms with Crippen molar-refractivity contribution in [3.05, 3.63) is 47.5 Å². The van der Waals surface area contributed by atoms with Gasteiger partial charge in [0.2, 0.25) is 0 Å². The minimum atomic E-state index is 0.0520. The molecule has 102 valence electrons. The van der Waals surface area contributed by atoms with E-state index in [1.54, 1.807) is 12.1 Å². The average molecular weight is 288 g/mol. The van der Waals surface area contributed by atoms with Crippen LogP contribution in [-0.4, -0.2) is 21.3 Å². The quantitative estimate of drug-likeness (QED) is 0.728. The number of halogens is 1. The van der Waals surface area contributed by atoms with Crippen LogP contribution in [0.2, 0.25) is 5.02 Å². The van der Waals surface area contributed by atoms with Crippen LogP contribution < -0.4 is 5.73 Å². The molecule has 0 aliphatic rings. The standard InChI is InChI=1S/C15H14ClN3O/c16-11-6-5-10(9-12(11)17)15-18-13-3-1-2-4-14(13)19(15)7-8-20/h1-6,9,20H,7-8,17H2. The minimum Gasteiger partial charge on any atom is -0.398 e. The van der Waals surface area contributed by atoms with Gasteiger partial charge in [0.25, 0.3) is 0 Å². The second-order valence-electron chi connectivity index (χ2n) is 4.54. The van der Waals surface area contributed by atoms with Crippen LogP contribution in [0, 0.1) is 0 Å². The summed E-state index contributed by atoms with van der Waals surface area (Å²) in [5.74, 6) is 0.781. The van der Waals surface area contributed by atoms with Crippen molar-refractivity contribution in [2.45, 2.75) is 6.54 Å². The number of rotatable bonds is 3. The van der Waals surface area contributed by atoms with E-state index < -0.39 is 0 Å². The highest BCUT2D eigenvalue weighted by atomic mass is 35.5. The number of para-hydroxylation sites is 2. The van der Waals surface area contributed by atoms with Gasteiger partial charge in [-0.3, -0.25) is 0 Å². The summed E-state index contributed by atoms with van der Waals surface area (Å²) in [6.45, 7) is 0.537. The number of hydrogen-bond donors (Lipinski definition) is 2. The number of aromatic nitrogens is 2. The molecule has 0 spiro atoms. The van der Waals surface area contributed by atoms with Crippen molar-refractivity contribution < 1.29 is 5.11 Å². The molecular formula is C15H14ClN3O. The van der Waals surface area contributed by atoms with Gasteiger partial charge in [0.1, 0.15) is 5.82 Å². The first-order valence-electron chi connectivity index (χ1n) is 6.32. The van der Waals surface area contributed by atoms with Gasteiger partial charge in [-0.25, -0.2) is 4.98 Å². The van der Waals surface area contributed by atoms with Crippen LogP contribution >= 0.6 is 11.6 Å². The number of nitrogen functional groups attached to an aromatic ring is 1. The number of anilines is 1. The molecule has 0 saturated heterocycles. The second-order valence-corrected chi connectivity index (χ2v) is 4.94. The number of aliphatic hydroxyl groups excluding tert-OH is 1. The van der Waals surface area contributed by atoms with Crippen molar-refractivity contribution in [3.8, 4) is 11.4 Å². The van der Waals surface area contributed by atoms with Gasteiger partial charge >= 0.3 is 0 Å². The van der Waals surface area contributed by atoms with E-state index in [-0.39, 0.29) is 6.61 Å². The highest BCUT2D eigenvalue weighted by Crippen LogP contribution is 2.29. The highest BCUT2D eigenvalue weighted by molar-refractivity contribution is 6.33. The van der Waals surface area contributed by atoms with E-state index in [9.17, 15) is 5.11 Å². The van der Waals surface area contributed by atoms with Crippen LogP contribution in [0.4, 0.5) is 5.69 Å². The van der Waals surface area contributed by atoms with Crippen LogP contribution in [-0.2, 0) is 6.54 Å². The van der Waals surface area contributed by atoms with Crippen molar-refractivity contribution in [3.63, 3.8) is 0 Å². The molecule has 4 nitrogen and oxygen atoms in total. The van der Waals surface area contributed by atoms with Gasteiger partial charge in [-0.1, -0.05) is 23.7 Å². The first-order valence-corrected chi connectivity index (χ1v) is 6.70. The Hall–Kier alpha value is -2.04. The summed E-state index contributed by atoms with van der Waals surface area (Å²) in [6.07, 6.45) is 0. The zero-order valence-corrected chi connectivity index (χ0v) is 11.5. The Labute approximate surface area is 121 Å². The van der Waals surface area contributed by atoms with E-state index in [0.29, 0.717) is 17.3 Å². The van der Waals surface area contributed by atoms with E-state index in [2.05, 4.69) is 4.98 Å². The number of nitrogens with zero attached hydrogens (tertiary/aromatic N) is 2. The Morgan fingerprint density at radius 1 is 1.20 bits per heavy atom. The fourth-order valence-electron chi connectivity index (χ4n) is 2.31. The van der Waals surface area contributed by atoms with Crippen molar-refractivity contribution in [1.29, 1.82) is 0 Å². The predicted octanol–water partition coefficient (Wildman–Crippen LogP) is 2.93. The molecule has 0 bridgehead atoms. The van der Waals surface area contributed by atoms with Crippen LogP contribution in [0.1, 0.15) is 0 Å². The Kier molecular flexibility index (Phi) is 3.34. The summed E-state index contributed by atoms with van der Waals surface area (Å²) in [7, 11) is 0. The molecule has 1 aromatic heterocycles. The van der Waals surface area contributed by atoms with E-state index in [1.807, 2.05) is 34.9 Å². The maximum atomic E-state index is 9.27. The molecular weight excluding hydrogens is 274 g/mol. The monoisotopic (exact) mass is 287 g/mol. The maximum Gasteiger partial charge on any atom is 0.141 e. The topological polar surface area (TPSA) is 64.1 Å². The highest BCUT2D eigenvalue weighted by Gasteiger charge is 2.12. The lowest BCUT2D eigenvalue weighted by molar-refractivity contribution is 0.278. The summed E-state index contributed by atoms with van der Waals surface area (Å²) >= 11 is 5.96. The molecule has 0 aliphatic heterocycles. The lowest BCUT2D eigenvalue weighted by atomic mass is 10.2. The summed E-state index contributed by atoms with van der Waals surface area (Å²) in [5, 5.41) is 9.80. The van der Waals surface area contributed by atoms with Crippen LogP contribution in [0.25, 0.3) is 22.4 Å². The Balaban J connectivity index is 2.23. The number of hydrogen-bond acceptors (Lipinski definition) is 3. The average Bonchev–Trinajstić information content (AvgIpc) is 2.82. The minimum absolute atomic E-state index is 0.0520. The Morgan fingerprint density at radius 2 is 2.00 bits per heavy atom. The lowest BCUT2D eigenvalue weighted by Gasteiger charge is -2.08. The first-order chi connectivity index (χ1) is 9.70. The van der Waals surface area contributed by atoms with E-state index in [0.717, 1.165) is 22.4 Å². The van der Waals surface area contributed by atoms with Crippen molar-refractivity contribution in [2.75, 3.05) is 12.3 Å². The lowest BCUT2D eigenvalue weighted by Crippen LogP contribution is -2.04. The van der Waals surface area contributed by atoms with Gasteiger partial charge in [0, 0.05) is 12.1 Å². The van der Waals surface area contributed by atoms with Gasteiger partial charge in [0.15, 0.2) is 0 Å². The van der Waals surface area contributed by atoms with E-state index in [4.69, 9.17) is 17.3 Å². The van der Waals surface area contributed by atoms with Crippen LogP contribution in [0.5, 0.6) is 0 Å². The number of fused-ring (bicyclic) bond motifs is 1. The van der Waals surface area contributed by atoms with Gasteiger partial charge < -0.3 is 15.4 Å². The number of benzene rings is 2. The zero-order valence-electron chi connectivity index (χ0n) is 10.8. The second kappa shape index (κ2) is 5.15. The summed E-state index contributed by atoms with van der Waals surface area (Å²) in [5.41, 5.74) is 9.15. The first kappa shape index (κ1) is 13.0. The smallest absolute Gasteiger partial charge is 0.141 e. The maximum absolute atomic E-state index is 9.27. The Morgan fingerprint density at radius 3 is 2.75 bits per heavy atom. The number of nitrogens with two attached hydrogens (primary N) is 1. The third-order valence-corrected chi connectivity index (χ3v) is 3.58. The molecule has 20 heavy (non-hydrogen) atoms. The third-order valence-electron chi connectivity index (χ3n) is 3.23. The molecule has 3 aromatic rings. The zero-order chi connectivity index (χ0) is 14.1. The molecule has 2 aromatic carbocycles. The van der Waals surface area contributed by atoms with Crippen molar-refractivity contribution in [1.82, 2.24) is 9.55 Å². The normalized spacial score (nSPS) is 11.1. The largest absolute Gasteiger partial charge is 0.398 e.